The van der Waals surface area contributed by atoms with Crippen molar-refractivity contribution < 1.29 is 4.79 Å². The molecule has 0 fully saturated rings. The predicted molar refractivity (Wildman–Crippen MR) is 107 cm³/mol. The van der Waals surface area contributed by atoms with E-state index < -0.39 is 0 Å². The van der Waals surface area contributed by atoms with Crippen LogP contribution in [0.4, 0.5) is 0 Å². The Bertz CT molecular complexity index is 1000. The van der Waals surface area contributed by atoms with Crippen LogP contribution in [0, 0.1) is 0 Å². The van der Waals surface area contributed by atoms with E-state index in [2.05, 4.69) is 38.8 Å². The lowest BCUT2D eigenvalue weighted by Gasteiger charge is -2.21. The first kappa shape index (κ1) is 17.5. The summed E-state index contributed by atoms with van der Waals surface area (Å²) in [5, 5.41) is 8.42. The standard InChI is InChI=1S/C20H16N4OS2/c25-20(18-14-27-23-22-18)24(13-19-21-9-10-26-19)12-15-5-4-8-17(11-15)16-6-2-1-3-7-16/h1-11,14H,12-13H2. The lowest BCUT2D eigenvalue weighted by Crippen LogP contribution is -2.30. The van der Waals surface area contributed by atoms with Gasteiger partial charge in [-0.1, -0.05) is 53.0 Å². The van der Waals surface area contributed by atoms with Crippen LogP contribution in [0.15, 0.2) is 71.6 Å². The Labute approximate surface area is 165 Å². The molecular formula is C20H16N4OS2. The fourth-order valence-electron chi connectivity index (χ4n) is 2.81. The zero-order valence-corrected chi connectivity index (χ0v) is 16.0. The lowest BCUT2D eigenvalue weighted by molar-refractivity contribution is 0.0724. The van der Waals surface area contributed by atoms with E-state index in [0.717, 1.165) is 21.7 Å². The Kier molecular flexibility index (Phi) is 5.32. The SMILES string of the molecule is O=C(c1csnn1)N(Cc1cccc(-c2ccccc2)c1)Cc1nccs1. The molecule has 0 aliphatic heterocycles. The average Bonchev–Trinajstić information content (AvgIpc) is 3.42. The van der Waals surface area contributed by atoms with E-state index in [-0.39, 0.29) is 5.91 Å². The van der Waals surface area contributed by atoms with Crippen molar-refractivity contribution in [2.24, 2.45) is 0 Å². The van der Waals surface area contributed by atoms with Gasteiger partial charge in [-0.25, -0.2) is 4.98 Å². The molecule has 0 N–H and O–H groups in total. The minimum atomic E-state index is -0.135. The fourth-order valence-corrected chi connectivity index (χ4v) is 3.87. The van der Waals surface area contributed by atoms with E-state index >= 15 is 0 Å². The average molecular weight is 393 g/mol. The molecule has 0 spiro atoms. The summed E-state index contributed by atoms with van der Waals surface area (Å²) < 4.78 is 3.81. The second-order valence-corrected chi connectivity index (χ2v) is 7.53. The van der Waals surface area contributed by atoms with Crippen LogP contribution in [0.1, 0.15) is 21.1 Å². The third kappa shape index (κ3) is 4.27. The fraction of sp³-hybridized carbons (Fsp3) is 0.100. The first-order valence-electron chi connectivity index (χ1n) is 8.38. The molecule has 0 bridgehead atoms. The minimum Gasteiger partial charge on any atom is -0.326 e. The molecule has 2 heterocycles. The van der Waals surface area contributed by atoms with Crippen molar-refractivity contribution in [3.8, 4) is 11.1 Å². The van der Waals surface area contributed by atoms with Gasteiger partial charge in [0, 0.05) is 23.5 Å². The van der Waals surface area contributed by atoms with Gasteiger partial charge in [0.1, 0.15) is 5.01 Å². The third-order valence-corrected chi connectivity index (χ3v) is 5.35. The van der Waals surface area contributed by atoms with Crippen LogP contribution in [0.5, 0.6) is 0 Å². The largest absolute Gasteiger partial charge is 0.326 e. The van der Waals surface area contributed by atoms with Crippen molar-refractivity contribution in [3.05, 3.63) is 87.8 Å². The van der Waals surface area contributed by atoms with E-state index in [4.69, 9.17) is 0 Å². The molecule has 0 radical (unpaired) electrons. The molecule has 134 valence electrons. The summed E-state index contributed by atoms with van der Waals surface area (Å²) in [6.07, 6.45) is 1.75. The summed E-state index contributed by atoms with van der Waals surface area (Å²) in [5.41, 5.74) is 3.71. The van der Waals surface area contributed by atoms with Gasteiger partial charge in [-0.05, 0) is 34.3 Å². The number of benzene rings is 2. The van der Waals surface area contributed by atoms with Crippen LogP contribution in [0.2, 0.25) is 0 Å². The first-order valence-corrected chi connectivity index (χ1v) is 10.1. The van der Waals surface area contributed by atoms with Crippen molar-refractivity contribution in [2.75, 3.05) is 0 Å². The molecular weight excluding hydrogens is 376 g/mol. The van der Waals surface area contributed by atoms with Crippen molar-refractivity contribution in [1.82, 2.24) is 19.5 Å². The number of aromatic nitrogens is 3. The van der Waals surface area contributed by atoms with Gasteiger partial charge in [-0.15, -0.1) is 16.4 Å². The first-order chi connectivity index (χ1) is 13.3. The lowest BCUT2D eigenvalue weighted by atomic mass is 10.0. The highest BCUT2D eigenvalue weighted by Crippen LogP contribution is 2.22. The maximum Gasteiger partial charge on any atom is 0.275 e. The molecule has 0 unspecified atom stereocenters. The highest BCUT2D eigenvalue weighted by atomic mass is 32.1. The van der Waals surface area contributed by atoms with Gasteiger partial charge in [0.2, 0.25) is 0 Å². The van der Waals surface area contributed by atoms with E-state index in [1.165, 1.54) is 22.9 Å². The summed E-state index contributed by atoms with van der Waals surface area (Å²) in [6.45, 7) is 0.931. The zero-order valence-electron chi connectivity index (χ0n) is 14.4. The van der Waals surface area contributed by atoms with Gasteiger partial charge in [0.05, 0.1) is 6.54 Å². The number of carbonyl (C=O) groups excluding carboxylic acids is 1. The number of amides is 1. The van der Waals surface area contributed by atoms with Gasteiger partial charge in [-0.2, -0.15) is 0 Å². The van der Waals surface area contributed by atoms with Crippen molar-refractivity contribution in [2.45, 2.75) is 13.1 Å². The second-order valence-electron chi connectivity index (χ2n) is 5.94. The summed E-state index contributed by atoms with van der Waals surface area (Å²) >= 11 is 2.72. The molecule has 2 aromatic heterocycles. The molecule has 2 aromatic carbocycles. The molecule has 27 heavy (non-hydrogen) atoms. The smallest absolute Gasteiger partial charge is 0.275 e. The number of nitrogens with zero attached hydrogens (tertiary/aromatic N) is 4. The van der Waals surface area contributed by atoms with Gasteiger partial charge in [0.25, 0.3) is 5.91 Å². The Morgan fingerprint density at radius 3 is 2.59 bits per heavy atom. The molecule has 0 aliphatic carbocycles. The molecule has 5 nitrogen and oxygen atoms in total. The summed E-state index contributed by atoms with van der Waals surface area (Å²) in [7, 11) is 0. The van der Waals surface area contributed by atoms with Crippen LogP contribution in [0.3, 0.4) is 0 Å². The molecule has 0 atom stereocenters. The van der Waals surface area contributed by atoms with E-state index in [1.807, 2.05) is 35.7 Å². The summed E-state index contributed by atoms with van der Waals surface area (Å²) in [4.78, 5) is 19.0. The Hall–Kier alpha value is -2.90. The number of carbonyl (C=O) groups is 1. The molecule has 1 amide bonds. The molecule has 0 saturated heterocycles. The van der Waals surface area contributed by atoms with E-state index in [0.29, 0.717) is 18.8 Å². The molecule has 0 saturated carbocycles. The van der Waals surface area contributed by atoms with E-state index in [9.17, 15) is 4.79 Å². The van der Waals surface area contributed by atoms with Crippen molar-refractivity contribution in [3.63, 3.8) is 0 Å². The minimum absolute atomic E-state index is 0.135. The van der Waals surface area contributed by atoms with Gasteiger partial charge >= 0.3 is 0 Å². The molecule has 0 aliphatic rings. The summed E-state index contributed by atoms with van der Waals surface area (Å²) in [6, 6.07) is 18.5. The maximum absolute atomic E-state index is 12.9. The number of thiazole rings is 1. The van der Waals surface area contributed by atoms with Crippen LogP contribution in [0.25, 0.3) is 11.1 Å². The van der Waals surface area contributed by atoms with E-state index in [1.54, 1.807) is 16.5 Å². The normalized spacial score (nSPS) is 10.7. The molecule has 7 heteroatoms. The van der Waals surface area contributed by atoms with Crippen LogP contribution in [-0.2, 0) is 13.1 Å². The number of rotatable bonds is 6. The monoisotopic (exact) mass is 392 g/mol. The predicted octanol–water partition coefficient (Wildman–Crippen LogP) is 4.50. The highest BCUT2D eigenvalue weighted by Gasteiger charge is 2.20. The second kappa shape index (κ2) is 8.20. The molecule has 4 rings (SSSR count). The highest BCUT2D eigenvalue weighted by molar-refractivity contribution is 7.09. The van der Waals surface area contributed by atoms with Crippen molar-refractivity contribution in [1.29, 1.82) is 0 Å². The van der Waals surface area contributed by atoms with Crippen molar-refractivity contribution >= 4 is 28.8 Å². The van der Waals surface area contributed by atoms with Gasteiger partial charge < -0.3 is 4.90 Å². The Morgan fingerprint density at radius 2 is 1.85 bits per heavy atom. The van der Waals surface area contributed by atoms with Crippen LogP contribution < -0.4 is 0 Å². The summed E-state index contributed by atoms with van der Waals surface area (Å²) in [5.74, 6) is -0.135. The van der Waals surface area contributed by atoms with Crippen LogP contribution >= 0.6 is 22.9 Å². The Balaban J connectivity index is 1.60. The number of hydrogen-bond acceptors (Lipinski definition) is 6. The topological polar surface area (TPSA) is 59.0 Å². The van der Waals surface area contributed by atoms with Gasteiger partial charge in [-0.3, -0.25) is 4.79 Å². The zero-order chi connectivity index (χ0) is 18.5. The number of hydrogen-bond donors (Lipinski definition) is 0. The van der Waals surface area contributed by atoms with Gasteiger partial charge in [0.15, 0.2) is 5.69 Å². The molecule has 4 aromatic rings. The maximum atomic E-state index is 12.9. The Morgan fingerprint density at radius 1 is 1.00 bits per heavy atom. The van der Waals surface area contributed by atoms with Crippen LogP contribution in [-0.4, -0.2) is 25.4 Å². The quantitative estimate of drug-likeness (QED) is 0.485. The third-order valence-electron chi connectivity index (χ3n) is 4.08.